The standard InChI is InChI=1S/C43H45N5O10S2/c1-43(2,3)26-19-35(40(55-5)36(20-26)48-60(6,52)53)47-42(51)46-34-12-13-37(33-10-8-7-9-32(33)34)58-28-15-16-44-39(24-28)45-27-21-29(54-4)23-30(22-27)57-18-17-56-25-31-11-14-38(59-31)41(49)50/h7-16,19-24,48H,17-18,25H2,1-6H3,(H,44,45)(H,49,50)(H2,46,47,51). The van der Waals surface area contributed by atoms with Gasteiger partial charge in [-0.3, -0.25) is 4.72 Å². The fraction of sp³-hybridized carbons (Fsp3) is 0.233. The Labute approximate surface area is 351 Å². The number of urea groups is 1. The number of hydrogen-bond acceptors (Lipinski definition) is 12. The third-order valence-electron chi connectivity index (χ3n) is 8.80. The molecule has 2 heterocycles. The molecule has 6 rings (SSSR count). The van der Waals surface area contributed by atoms with E-state index in [1.54, 1.807) is 80.0 Å². The highest BCUT2D eigenvalue weighted by molar-refractivity contribution is 7.92. The van der Waals surface area contributed by atoms with Crippen LogP contribution in [0, 0.1) is 0 Å². The second kappa shape index (κ2) is 18.6. The Balaban J connectivity index is 1.13. The van der Waals surface area contributed by atoms with Crippen molar-refractivity contribution >= 4 is 72.7 Å². The summed E-state index contributed by atoms with van der Waals surface area (Å²) in [5.41, 5.74) is 2.05. The van der Waals surface area contributed by atoms with Gasteiger partial charge in [0.05, 0.1) is 50.8 Å². The molecular formula is C43H45N5O10S2. The van der Waals surface area contributed by atoms with Gasteiger partial charge in [-0.15, -0.1) is 11.3 Å². The van der Waals surface area contributed by atoms with Crippen LogP contribution in [-0.2, 0) is 26.8 Å². The van der Waals surface area contributed by atoms with E-state index < -0.39 is 22.0 Å². The summed E-state index contributed by atoms with van der Waals surface area (Å²) < 4.78 is 55.9. The predicted octanol–water partition coefficient (Wildman–Crippen LogP) is 9.46. The quantitative estimate of drug-likeness (QED) is 0.0546. The normalized spacial score (nSPS) is 11.4. The highest BCUT2D eigenvalue weighted by Gasteiger charge is 2.23. The number of aromatic nitrogens is 1. The van der Waals surface area contributed by atoms with Gasteiger partial charge >= 0.3 is 12.0 Å². The number of nitrogens with zero attached hydrogens (tertiary/aromatic N) is 1. The van der Waals surface area contributed by atoms with E-state index in [0.717, 1.165) is 22.1 Å². The summed E-state index contributed by atoms with van der Waals surface area (Å²) in [5, 5.41) is 19.6. The van der Waals surface area contributed by atoms with Crippen LogP contribution < -0.4 is 39.6 Å². The summed E-state index contributed by atoms with van der Waals surface area (Å²) in [4.78, 5) is 30.2. The van der Waals surface area contributed by atoms with Crippen LogP contribution in [0.1, 0.15) is 40.9 Å². The van der Waals surface area contributed by atoms with Crippen molar-refractivity contribution in [3.8, 4) is 28.7 Å². The smallest absolute Gasteiger partial charge is 0.345 e. The first-order valence-corrected chi connectivity index (χ1v) is 21.2. The number of fused-ring (bicyclic) bond motifs is 1. The largest absolute Gasteiger partial charge is 0.497 e. The van der Waals surface area contributed by atoms with E-state index in [-0.39, 0.29) is 47.2 Å². The van der Waals surface area contributed by atoms with Crippen molar-refractivity contribution in [2.45, 2.75) is 32.8 Å². The molecule has 0 saturated heterocycles. The van der Waals surface area contributed by atoms with Crippen LogP contribution in [0.5, 0.6) is 28.7 Å². The Morgan fingerprint density at radius 2 is 1.53 bits per heavy atom. The zero-order valence-electron chi connectivity index (χ0n) is 33.7. The molecule has 0 aliphatic heterocycles. The minimum absolute atomic E-state index is 0.163. The number of ether oxygens (including phenoxy) is 5. The minimum atomic E-state index is -3.65. The maximum Gasteiger partial charge on any atom is 0.345 e. The average molecular weight is 856 g/mol. The number of carboxylic acid groups (broad SMARTS) is 1. The summed E-state index contributed by atoms with van der Waals surface area (Å²) in [6.07, 6.45) is 2.66. The number of anilines is 5. The van der Waals surface area contributed by atoms with E-state index in [1.165, 1.54) is 18.4 Å². The fourth-order valence-corrected chi connectivity index (χ4v) is 7.36. The van der Waals surface area contributed by atoms with Crippen LogP contribution in [0.4, 0.5) is 33.4 Å². The van der Waals surface area contributed by atoms with Gasteiger partial charge < -0.3 is 44.7 Å². The SMILES string of the molecule is COc1cc(Nc2cc(Oc3ccc(NC(=O)Nc4cc(C(C)(C)C)cc(NS(C)(=O)=O)c4OC)c4ccccc34)ccn2)cc(OCCOCc2ccc(C(=O)O)s2)c1. The number of aromatic carboxylic acids is 1. The molecule has 4 aromatic carbocycles. The van der Waals surface area contributed by atoms with Crippen LogP contribution in [0.3, 0.4) is 0 Å². The van der Waals surface area contributed by atoms with Crippen LogP contribution in [0.25, 0.3) is 10.8 Å². The molecule has 2 aromatic heterocycles. The number of carbonyl (C=O) groups excluding carboxylic acids is 1. The molecule has 5 N–H and O–H groups in total. The van der Waals surface area contributed by atoms with Crippen molar-refractivity contribution in [3.05, 3.63) is 113 Å². The summed E-state index contributed by atoms with van der Waals surface area (Å²) in [6.45, 7) is 6.76. The van der Waals surface area contributed by atoms with Gasteiger partial charge in [-0.25, -0.2) is 23.0 Å². The first-order chi connectivity index (χ1) is 28.6. The van der Waals surface area contributed by atoms with Gasteiger partial charge in [0.25, 0.3) is 0 Å². The Bertz CT molecular complexity index is 2630. The van der Waals surface area contributed by atoms with Gasteiger partial charge in [0, 0.05) is 51.8 Å². The van der Waals surface area contributed by atoms with E-state index in [9.17, 15) is 18.0 Å². The lowest BCUT2D eigenvalue weighted by atomic mass is 9.86. The lowest BCUT2D eigenvalue weighted by molar-refractivity contribution is 0.0702. The molecule has 0 saturated carbocycles. The Morgan fingerprint density at radius 3 is 2.23 bits per heavy atom. The van der Waals surface area contributed by atoms with Crippen LogP contribution in [-0.4, -0.2) is 64.2 Å². The van der Waals surface area contributed by atoms with Gasteiger partial charge in [-0.2, -0.15) is 0 Å². The molecule has 0 aliphatic carbocycles. The molecule has 60 heavy (non-hydrogen) atoms. The topological polar surface area (TPSA) is 196 Å². The molecule has 314 valence electrons. The van der Waals surface area contributed by atoms with Crippen LogP contribution in [0.15, 0.2) is 97.2 Å². The number of nitrogens with one attached hydrogen (secondary N) is 4. The summed E-state index contributed by atoms with van der Waals surface area (Å²) in [6, 6.07) is 25.9. The number of carbonyl (C=O) groups is 2. The zero-order valence-corrected chi connectivity index (χ0v) is 35.4. The maximum atomic E-state index is 13.5. The molecule has 0 spiro atoms. The number of rotatable bonds is 17. The Morgan fingerprint density at radius 1 is 0.800 bits per heavy atom. The number of hydrogen-bond donors (Lipinski definition) is 5. The number of amides is 2. The van der Waals surface area contributed by atoms with Crippen molar-refractivity contribution in [2.24, 2.45) is 0 Å². The molecular weight excluding hydrogens is 811 g/mol. The average Bonchev–Trinajstić information content (AvgIpc) is 3.67. The molecule has 0 aliphatic rings. The first-order valence-electron chi connectivity index (χ1n) is 18.5. The zero-order chi connectivity index (χ0) is 43.0. The number of benzene rings is 4. The van der Waals surface area contributed by atoms with E-state index in [1.807, 2.05) is 45.0 Å². The highest BCUT2D eigenvalue weighted by atomic mass is 32.2. The minimum Gasteiger partial charge on any atom is -0.497 e. The Hall–Kier alpha value is -6.56. The summed E-state index contributed by atoms with van der Waals surface area (Å²) in [5.74, 6) is 1.82. The predicted molar refractivity (Wildman–Crippen MR) is 234 cm³/mol. The lowest BCUT2D eigenvalue weighted by Crippen LogP contribution is -2.22. The van der Waals surface area contributed by atoms with Gasteiger partial charge in [0.15, 0.2) is 5.75 Å². The van der Waals surface area contributed by atoms with E-state index in [2.05, 4.69) is 25.7 Å². The molecule has 15 nitrogen and oxygen atoms in total. The van der Waals surface area contributed by atoms with Crippen molar-refractivity contribution in [1.82, 2.24) is 4.98 Å². The second-order valence-corrected chi connectivity index (χ2v) is 17.4. The fourth-order valence-electron chi connectivity index (χ4n) is 6.02. The van der Waals surface area contributed by atoms with Gasteiger partial charge in [0.1, 0.15) is 40.3 Å². The van der Waals surface area contributed by atoms with E-state index in [4.69, 9.17) is 28.8 Å². The van der Waals surface area contributed by atoms with Crippen LogP contribution >= 0.6 is 11.3 Å². The molecule has 0 fully saturated rings. The van der Waals surface area contributed by atoms with Gasteiger partial charge in [-0.05, 0) is 53.4 Å². The number of thiophene rings is 1. The third-order valence-corrected chi connectivity index (χ3v) is 10.4. The van der Waals surface area contributed by atoms with E-state index in [0.29, 0.717) is 45.6 Å². The molecule has 0 bridgehead atoms. The maximum absolute atomic E-state index is 13.5. The van der Waals surface area contributed by atoms with Gasteiger partial charge in [0.2, 0.25) is 10.0 Å². The first kappa shape index (κ1) is 43.0. The second-order valence-electron chi connectivity index (χ2n) is 14.4. The molecule has 0 radical (unpaired) electrons. The third kappa shape index (κ3) is 11.3. The lowest BCUT2D eigenvalue weighted by Gasteiger charge is -2.24. The number of methoxy groups -OCH3 is 2. The molecule has 2 amide bonds. The summed E-state index contributed by atoms with van der Waals surface area (Å²) >= 11 is 1.17. The van der Waals surface area contributed by atoms with Crippen LogP contribution in [0.2, 0.25) is 0 Å². The Kier molecular flexibility index (Phi) is 13.3. The highest BCUT2D eigenvalue weighted by Crippen LogP contribution is 2.40. The van der Waals surface area contributed by atoms with Crippen molar-refractivity contribution in [2.75, 3.05) is 54.4 Å². The van der Waals surface area contributed by atoms with Gasteiger partial charge in [-0.1, -0.05) is 45.0 Å². The number of pyridine rings is 1. The number of carboxylic acids is 1. The van der Waals surface area contributed by atoms with E-state index >= 15 is 0 Å². The number of sulfonamides is 1. The molecule has 0 atom stereocenters. The van der Waals surface area contributed by atoms with Crippen molar-refractivity contribution in [3.63, 3.8) is 0 Å². The monoisotopic (exact) mass is 855 g/mol. The molecule has 6 aromatic rings. The summed E-state index contributed by atoms with van der Waals surface area (Å²) in [7, 11) is -0.692. The van der Waals surface area contributed by atoms with Crippen molar-refractivity contribution < 1.29 is 46.8 Å². The molecule has 0 unspecified atom stereocenters. The van der Waals surface area contributed by atoms with Crippen molar-refractivity contribution in [1.29, 1.82) is 0 Å². The molecule has 17 heteroatoms.